The van der Waals surface area contributed by atoms with Crippen LogP contribution < -0.4 is 10.4 Å². The van der Waals surface area contributed by atoms with E-state index in [2.05, 4.69) is 38.9 Å². The Hall–Kier alpha value is -3.03. The fourth-order valence-corrected chi connectivity index (χ4v) is 3.26. The van der Waals surface area contributed by atoms with Crippen molar-refractivity contribution in [3.63, 3.8) is 0 Å². The Morgan fingerprint density at radius 2 is 1.78 bits per heavy atom. The summed E-state index contributed by atoms with van der Waals surface area (Å²) in [6.07, 6.45) is 1.74. The number of anilines is 1. The first-order valence-corrected chi connectivity index (χ1v) is 8.89. The highest BCUT2D eigenvalue weighted by atomic mass is 16.5. The lowest BCUT2D eigenvalue weighted by Gasteiger charge is -2.34. The third kappa shape index (κ3) is 3.60. The van der Waals surface area contributed by atoms with Crippen LogP contribution in [-0.4, -0.2) is 59.2 Å². The Morgan fingerprint density at radius 3 is 2.48 bits per heavy atom. The highest BCUT2D eigenvalue weighted by molar-refractivity contribution is 5.96. The summed E-state index contributed by atoms with van der Waals surface area (Å²) in [5.41, 5.74) is 6.20. The fraction of sp³-hybridized carbons (Fsp3) is 0.250. The summed E-state index contributed by atoms with van der Waals surface area (Å²) >= 11 is 0. The van der Waals surface area contributed by atoms with Gasteiger partial charge in [-0.15, -0.1) is 0 Å². The average Bonchev–Trinajstić information content (AvgIpc) is 2.73. The van der Waals surface area contributed by atoms with Gasteiger partial charge in [-0.2, -0.15) is 0 Å². The monoisotopic (exact) mass is 363 g/mol. The van der Waals surface area contributed by atoms with Gasteiger partial charge in [-0.1, -0.05) is 12.1 Å². The van der Waals surface area contributed by atoms with Crippen LogP contribution in [0.5, 0.6) is 0 Å². The largest absolute Gasteiger partial charge is 0.369 e. The number of nitrogens with one attached hydrogen (secondary N) is 1. The topological polar surface area (TPSA) is 81.6 Å². The van der Waals surface area contributed by atoms with E-state index in [9.17, 15) is 4.79 Å². The second kappa shape index (κ2) is 7.30. The van der Waals surface area contributed by atoms with Gasteiger partial charge in [-0.25, -0.2) is 10.5 Å². The van der Waals surface area contributed by atoms with Crippen molar-refractivity contribution in [1.29, 1.82) is 0 Å². The molecule has 0 radical (unpaired) electrons. The molecule has 2 N–H and O–H groups in total. The summed E-state index contributed by atoms with van der Waals surface area (Å²) in [5, 5.41) is 8.80. The third-order valence-corrected chi connectivity index (χ3v) is 4.94. The van der Waals surface area contributed by atoms with Crippen LogP contribution in [0.25, 0.3) is 22.3 Å². The molecule has 4 rings (SSSR count). The van der Waals surface area contributed by atoms with E-state index in [0.717, 1.165) is 37.4 Å². The van der Waals surface area contributed by atoms with Gasteiger partial charge in [-0.05, 0) is 37.4 Å². The number of aromatic nitrogens is 2. The van der Waals surface area contributed by atoms with Crippen molar-refractivity contribution < 1.29 is 10.0 Å². The maximum Gasteiger partial charge on any atom is 0.274 e. The molecule has 0 atom stereocenters. The highest BCUT2D eigenvalue weighted by Crippen LogP contribution is 2.24. The summed E-state index contributed by atoms with van der Waals surface area (Å²) in [6, 6.07) is 13.3. The second-order valence-electron chi connectivity index (χ2n) is 6.74. The summed E-state index contributed by atoms with van der Waals surface area (Å²) in [6.45, 7) is 4.20. The lowest BCUT2D eigenvalue weighted by atomic mass is 10.1. The van der Waals surface area contributed by atoms with Crippen molar-refractivity contribution in [2.24, 2.45) is 0 Å². The van der Waals surface area contributed by atoms with Crippen LogP contribution in [0.1, 0.15) is 10.4 Å². The maximum atomic E-state index is 11.6. The number of carbonyl (C=O) groups excluding carboxylic acids is 1. The molecule has 1 amide bonds. The minimum atomic E-state index is -0.569. The zero-order valence-corrected chi connectivity index (χ0v) is 15.1. The zero-order chi connectivity index (χ0) is 18.8. The molecule has 138 valence electrons. The molecule has 7 nitrogen and oxygen atoms in total. The lowest BCUT2D eigenvalue weighted by molar-refractivity contribution is 0.0706. The zero-order valence-electron chi connectivity index (χ0n) is 15.1. The Labute approximate surface area is 157 Å². The van der Waals surface area contributed by atoms with Gasteiger partial charge in [0.25, 0.3) is 5.91 Å². The van der Waals surface area contributed by atoms with E-state index in [1.165, 1.54) is 5.69 Å². The van der Waals surface area contributed by atoms with Crippen molar-refractivity contribution >= 4 is 22.6 Å². The molecule has 1 saturated heterocycles. The molecule has 2 heterocycles. The van der Waals surface area contributed by atoms with E-state index in [4.69, 9.17) is 5.21 Å². The second-order valence-corrected chi connectivity index (χ2v) is 6.74. The standard InChI is InChI=1S/C20H21N5O2/c1-24-8-10-25(11-9-24)16-5-2-14(3-6-16)19-13-21-17-7-4-15(20(26)23-27)12-18(17)22-19/h2-7,12-13,27H,8-11H2,1H3,(H,23,26). The van der Waals surface area contributed by atoms with Crippen molar-refractivity contribution in [2.45, 2.75) is 0 Å². The van der Waals surface area contributed by atoms with Crippen molar-refractivity contribution in [3.05, 3.63) is 54.2 Å². The van der Waals surface area contributed by atoms with Gasteiger partial charge >= 0.3 is 0 Å². The first kappa shape index (κ1) is 17.4. The van der Waals surface area contributed by atoms with E-state index < -0.39 is 5.91 Å². The molecule has 0 unspecified atom stereocenters. The predicted molar refractivity (Wildman–Crippen MR) is 104 cm³/mol. The molecule has 1 aliphatic rings. The number of piperazine rings is 1. The Morgan fingerprint density at radius 1 is 1.04 bits per heavy atom. The van der Waals surface area contributed by atoms with Gasteiger partial charge < -0.3 is 9.80 Å². The summed E-state index contributed by atoms with van der Waals surface area (Å²) in [4.78, 5) is 25.4. The molecule has 7 heteroatoms. The maximum absolute atomic E-state index is 11.6. The molecular weight excluding hydrogens is 342 g/mol. The Bertz CT molecular complexity index is 966. The normalized spacial score (nSPS) is 15.1. The number of amides is 1. The van der Waals surface area contributed by atoms with Gasteiger partial charge in [0.2, 0.25) is 0 Å². The predicted octanol–water partition coefficient (Wildman–Crippen LogP) is 2.17. The minimum Gasteiger partial charge on any atom is -0.369 e. The van der Waals surface area contributed by atoms with Crippen LogP contribution in [0.15, 0.2) is 48.7 Å². The first-order valence-electron chi connectivity index (χ1n) is 8.89. The van der Waals surface area contributed by atoms with E-state index in [1.54, 1.807) is 29.9 Å². The summed E-state index contributed by atoms with van der Waals surface area (Å²) in [7, 11) is 2.15. The Balaban J connectivity index is 1.60. The molecule has 1 fully saturated rings. The molecule has 0 aliphatic carbocycles. The van der Waals surface area contributed by atoms with E-state index >= 15 is 0 Å². The summed E-state index contributed by atoms with van der Waals surface area (Å²) in [5.74, 6) is -0.569. The molecule has 2 aromatic carbocycles. The SMILES string of the molecule is CN1CCN(c2ccc(-c3cnc4ccc(C(=O)NO)cc4n3)cc2)CC1. The molecule has 0 saturated carbocycles. The van der Waals surface area contributed by atoms with E-state index in [-0.39, 0.29) is 0 Å². The van der Waals surface area contributed by atoms with Crippen LogP contribution in [0, 0.1) is 0 Å². The molecule has 0 bridgehead atoms. The number of nitrogens with zero attached hydrogens (tertiary/aromatic N) is 4. The number of benzene rings is 2. The van der Waals surface area contributed by atoms with Gasteiger partial charge in [0.05, 0.1) is 22.9 Å². The molecule has 3 aromatic rings. The number of likely N-dealkylation sites (N-methyl/N-ethyl adjacent to an activating group) is 1. The van der Waals surface area contributed by atoms with Gasteiger partial charge in [0, 0.05) is 43.0 Å². The average molecular weight is 363 g/mol. The van der Waals surface area contributed by atoms with Crippen LogP contribution in [0.3, 0.4) is 0 Å². The number of rotatable bonds is 3. The Kier molecular flexibility index (Phi) is 4.70. The third-order valence-electron chi connectivity index (χ3n) is 4.94. The van der Waals surface area contributed by atoms with Crippen molar-refractivity contribution in [3.8, 4) is 11.3 Å². The van der Waals surface area contributed by atoms with Gasteiger partial charge in [0.15, 0.2) is 0 Å². The van der Waals surface area contributed by atoms with E-state index in [0.29, 0.717) is 16.6 Å². The first-order chi connectivity index (χ1) is 13.1. The number of hydrogen-bond donors (Lipinski definition) is 2. The van der Waals surface area contributed by atoms with Crippen LogP contribution in [0.4, 0.5) is 5.69 Å². The highest BCUT2D eigenvalue weighted by Gasteiger charge is 2.14. The number of fused-ring (bicyclic) bond motifs is 1. The van der Waals surface area contributed by atoms with Crippen molar-refractivity contribution in [1.82, 2.24) is 20.3 Å². The number of hydrogen-bond acceptors (Lipinski definition) is 6. The van der Waals surface area contributed by atoms with E-state index in [1.807, 2.05) is 12.1 Å². The molecule has 1 aromatic heterocycles. The smallest absolute Gasteiger partial charge is 0.274 e. The lowest BCUT2D eigenvalue weighted by Crippen LogP contribution is -2.44. The quantitative estimate of drug-likeness (QED) is 0.548. The van der Waals surface area contributed by atoms with Crippen LogP contribution >= 0.6 is 0 Å². The molecular formula is C20H21N5O2. The number of carbonyl (C=O) groups is 1. The molecule has 27 heavy (non-hydrogen) atoms. The number of hydroxylamine groups is 1. The van der Waals surface area contributed by atoms with Gasteiger partial charge in [-0.3, -0.25) is 15.0 Å². The minimum absolute atomic E-state index is 0.335. The van der Waals surface area contributed by atoms with Crippen molar-refractivity contribution in [2.75, 3.05) is 38.1 Å². The molecule has 0 spiro atoms. The van der Waals surface area contributed by atoms with Crippen LogP contribution in [-0.2, 0) is 0 Å². The summed E-state index contributed by atoms with van der Waals surface area (Å²) < 4.78 is 0. The fourth-order valence-electron chi connectivity index (χ4n) is 3.26. The molecule has 1 aliphatic heterocycles. The van der Waals surface area contributed by atoms with Crippen LogP contribution in [0.2, 0.25) is 0 Å². The van der Waals surface area contributed by atoms with Gasteiger partial charge in [0.1, 0.15) is 0 Å².